The highest BCUT2D eigenvalue weighted by Gasteiger charge is 1.94. The van der Waals surface area contributed by atoms with Gasteiger partial charge in [0, 0.05) is 5.57 Å². The molecule has 0 fully saturated rings. The van der Waals surface area contributed by atoms with Crippen LogP contribution in [0.25, 0.3) is 0 Å². The first-order valence-corrected chi connectivity index (χ1v) is 4.01. The molecule has 0 spiro atoms. The summed E-state index contributed by atoms with van der Waals surface area (Å²) in [5.41, 5.74) is 1.52. The summed E-state index contributed by atoms with van der Waals surface area (Å²) in [5, 5.41) is 8.40. The maximum Gasteiger partial charge on any atom is 0.0985 e. The van der Waals surface area contributed by atoms with Crippen molar-refractivity contribution in [3.05, 3.63) is 36.5 Å². The van der Waals surface area contributed by atoms with E-state index in [1.807, 2.05) is 12.1 Å². The van der Waals surface area contributed by atoms with E-state index >= 15 is 0 Å². The van der Waals surface area contributed by atoms with E-state index in [4.69, 9.17) is 5.26 Å². The van der Waals surface area contributed by atoms with Crippen molar-refractivity contribution in [2.45, 2.75) is 20.3 Å². The lowest BCUT2D eigenvalue weighted by Crippen LogP contribution is -1.87. The second-order valence-electron chi connectivity index (χ2n) is 3.23. The highest BCUT2D eigenvalue weighted by atomic mass is 14.2. The van der Waals surface area contributed by atoms with Gasteiger partial charge < -0.3 is 0 Å². The van der Waals surface area contributed by atoms with E-state index in [9.17, 15) is 0 Å². The lowest BCUT2D eigenvalue weighted by molar-refractivity contribution is 0.651. The molecule has 0 heterocycles. The van der Waals surface area contributed by atoms with Crippen LogP contribution in [0.2, 0.25) is 0 Å². The predicted octanol–water partition coefficient (Wildman–Crippen LogP) is 3.22. The van der Waals surface area contributed by atoms with Crippen LogP contribution >= 0.6 is 0 Å². The Balaban J connectivity index is 3.94. The van der Waals surface area contributed by atoms with Crippen molar-refractivity contribution in [3.8, 4) is 6.07 Å². The van der Waals surface area contributed by atoms with Gasteiger partial charge in [-0.15, -0.1) is 0 Å². The summed E-state index contributed by atoms with van der Waals surface area (Å²) in [6, 6.07) is 1.95. The molecule has 0 radical (unpaired) electrons. The lowest BCUT2D eigenvalue weighted by Gasteiger charge is -2.02. The molecule has 12 heavy (non-hydrogen) atoms. The normalized spacial score (nSPS) is 10.2. The first kappa shape index (κ1) is 10.7. The maximum atomic E-state index is 8.40. The highest BCUT2D eigenvalue weighted by molar-refractivity contribution is 5.33. The zero-order valence-electron chi connectivity index (χ0n) is 7.80. The number of hydrogen-bond donors (Lipinski definition) is 0. The summed E-state index contributed by atoms with van der Waals surface area (Å²) in [4.78, 5) is 0. The molecule has 1 heteroatoms. The molecular formula is C11H15N. The fraction of sp³-hybridized carbons (Fsp3) is 0.364. The number of allylic oxidation sites excluding steroid dienone is 4. The fourth-order valence-electron chi connectivity index (χ4n) is 0.848. The van der Waals surface area contributed by atoms with Gasteiger partial charge in [0.05, 0.1) is 6.07 Å². The molecular weight excluding hydrogens is 146 g/mol. The van der Waals surface area contributed by atoms with Crippen molar-refractivity contribution in [1.82, 2.24) is 0 Å². The lowest BCUT2D eigenvalue weighted by atomic mass is 10.0. The molecule has 0 aromatic rings. The van der Waals surface area contributed by atoms with Crippen molar-refractivity contribution >= 4 is 0 Å². The van der Waals surface area contributed by atoms with Gasteiger partial charge in [-0.1, -0.05) is 38.7 Å². The number of hydrogen-bond acceptors (Lipinski definition) is 1. The summed E-state index contributed by atoms with van der Waals surface area (Å²) < 4.78 is 0. The van der Waals surface area contributed by atoms with Crippen LogP contribution in [0.15, 0.2) is 36.5 Å². The van der Waals surface area contributed by atoms with Gasteiger partial charge in [0.15, 0.2) is 0 Å². The van der Waals surface area contributed by atoms with Crippen LogP contribution in [0.3, 0.4) is 0 Å². The minimum atomic E-state index is 0.472. The van der Waals surface area contributed by atoms with E-state index in [1.54, 1.807) is 6.08 Å². The van der Waals surface area contributed by atoms with Gasteiger partial charge in [-0.2, -0.15) is 5.26 Å². The van der Waals surface area contributed by atoms with Crippen LogP contribution in [0, 0.1) is 17.2 Å². The standard InChI is InChI=1S/C11H15N/c1-9(2)7-10(3)5-6-11(4)8-12/h5-6,9H,3-4,7H2,1-2H3/b6-5-. The van der Waals surface area contributed by atoms with Gasteiger partial charge in [0.25, 0.3) is 0 Å². The topological polar surface area (TPSA) is 23.8 Å². The molecule has 0 aliphatic carbocycles. The van der Waals surface area contributed by atoms with Gasteiger partial charge in [-0.05, 0) is 18.4 Å². The van der Waals surface area contributed by atoms with Crippen molar-refractivity contribution < 1.29 is 0 Å². The van der Waals surface area contributed by atoms with Crippen molar-refractivity contribution in [1.29, 1.82) is 5.26 Å². The zero-order valence-corrected chi connectivity index (χ0v) is 7.80. The van der Waals surface area contributed by atoms with Crippen LogP contribution < -0.4 is 0 Å². The fourth-order valence-corrected chi connectivity index (χ4v) is 0.848. The van der Waals surface area contributed by atoms with Crippen LogP contribution in [-0.4, -0.2) is 0 Å². The molecule has 0 rings (SSSR count). The second kappa shape index (κ2) is 5.37. The molecule has 0 aromatic heterocycles. The minimum absolute atomic E-state index is 0.472. The number of nitrogens with zero attached hydrogens (tertiary/aromatic N) is 1. The van der Waals surface area contributed by atoms with Crippen LogP contribution in [0.5, 0.6) is 0 Å². The van der Waals surface area contributed by atoms with Crippen LogP contribution in [-0.2, 0) is 0 Å². The molecule has 0 N–H and O–H groups in total. The van der Waals surface area contributed by atoms with Gasteiger partial charge >= 0.3 is 0 Å². The van der Waals surface area contributed by atoms with Crippen LogP contribution in [0.1, 0.15) is 20.3 Å². The molecule has 0 aliphatic rings. The van der Waals surface area contributed by atoms with E-state index in [1.165, 1.54) is 0 Å². The number of nitriles is 1. The second-order valence-corrected chi connectivity index (χ2v) is 3.23. The van der Waals surface area contributed by atoms with Crippen molar-refractivity contribution in [2.75, 3.05) is 0 Å². The summed E-state index contributed by atoms with van der Waals surface area (Å²) in [6.07, 6.45) is 4.52. The minimum Gasteiger partial charge on any atom is -0.192 e. The zero-order chi connectivity index (χ0) is 9.56. The Labute approximate surface area is 74.7 Å². The quantitative estimate of drug-likeness (QED) is 0.458. The molecule has 0 saturated heterocycles. The van der Waals surface area contributed by atoms with E-state index in [0.29, 0.717) is 11.5 Å². The molecule has 0 aliphatic heterocycles. The molecule has 0 saturated carbocycles. The Kier molecular flexibility index (Phi) is 4.79. The SMILES string of the molecule is C=C(C#N)/C=C\C(=C)CC(C)C. The monoisotopic (exact) mass is 161 g/mol. The summed E-state index contributed by atoms with van der Waals surface area (Å²) >= 11 is 0. The van der Waals surface area contributed by atoms with Gasteiger partial charge in [-0.25, -0.2) is 0 Å². The molecule has 0 aromatic carbocycles. The Morgan fingerprint density at radius 3 is 2.42 bits per heavy atom. The van der Waals surface area contributed by atoms with Crippen LogP contribution in [0.4, 0.5) is 0 Å². The van der Waals surface area contributed by atoms with Gasteiger partial charge in [-0.3, -0.25) is 0 Å². The Morgan fingerprint density at radius 1 is 1.42 bits per heavy atom. The highest BCUT2D eigenvalue weighted by Crippen LogP contribution is 2.10. The number of rotatable bonds is 4. The van der Waals surface area contributed by atoms with E-state index in [-0.39, 0.29) is 0 Å². The maximum absolute atomic E-state index is 8.40. The molecule has 1 nitrogen and oxygen atoms in total. The summed E-state index contributed by atoms with van der Waals surface area (Å²) in [5.74, 6) is 0.609. The van der Waals surface area contributed by atoms with Gasteiger partial charge in [0.2, 0.25) is 0 Å². The van der Waals surface area contributed by atoms with E-state index < -0.39 is 0 Å². The predicted molar refractivity (Wildman–Crippen MR) is 52.5 cm³/mol. The Hall–Kier alpha value is -1.29. The smallest absolute Gasteiger partial charge is 0.0985 e. The third-order valence-corrected chi connectivity index (χ3v) is 1.33. The van der Waals surface area contributed by atoms with Gasteiger partial charge in [0.1, 0.15) is 0 Å². The first-order valence-electron chi connectivity index (χ1n) is 4.01. The van der Waals surface area contributed by atoms with Crippen molar-refractivity contribution in [3.63, 3.8) is 0 Å². The third-order valence-electron chi connectivity index (χ3n) is 1.33. The third kappa shape index (κ3) is 5.49. The van der Waals surface area contributed by atoms with E-state index in [0.717, 1.165) is 12.0 Å². The molecule has 0 amide bonds. The van der Waals surface area contributed by atoms with Crippen molar-refractivity contribution in [2.24, 2.45) is 5.92 Å². The Bertz CT molecular complexity index is 238. The van der Waals surface area contributed by atoms with E-state index in [2.05, 4.69) is 27.0 Å². The first-order chi connectivity index (χ1) is 5.56. The Morgan fingerprint density at radius 2 is 2.00 bits per heavy atom. The molecule has 0 unspecified atom stereocenters. The average Bonchev–Trinajstić information content (AvgIpc) is 1.99. The molecule has 64 valence electrons. The largest absolute Gasteiger partial charge is 0.192 e. The summed E-state index contributed by atoms with van der Waals surface area (Å²) in [7, 11) is 0. The average molecular weight is 161 g/mol. The molecule has 0 bridgehead atoms. The molecule has 0 atom stereocenters. The summed E-state index contributed by atoms with van der Waals surface area (Å²) in [6.45, 7) is 11.7.